The molecule has 1 saturated heterocycles. The van der Waals surface area contributed by atoms with Gasteiger partial charge in [-0.25, -0.2) is 4.98 Å². The molecule has 1 aromatic heterocycles. The summed E-state index contributed by atoms with van der Waals surface area (Å²) in [5.41, 5.74) is 5.84. The van der Waals surface area contributed by atoms with Crippen molar-refractivity contribution in [1.29, 1.82) is 0 Å². The Balaban J connectivity index is 1.88. The fourth-order valence-electron chi connectivity index (χ4n) is 2.83. The first kappa shape index (κ1) is 14.9. The van der Waals surface area contributed by atoms with E-state index in [-0.39, 0.29) is 6.04 Å². The van der Waals surface area contributed by atoms with Gasteiger partial charge in [-0.2, -0.15) is 0 Å². The van der Waals surface area contributed by atoms with Gasteiger partial charge in [0.2, 0.25) is 0 Å². The lowest BCUT2D eigenvalue weighted by Gasteiger charge is -2.35. The average molecular weight is 281 g/mol. The second kappa shape index (κ2) is 6.82. The number of nitrogens with zero attached hydrogens (tertiary/aromatic N) is 2. The van der Waals surface area contributed by atoms with E-state index in [1.807, 2.05) is 17.5 Å². The quantitative estimate of drug-likeness (QED) is 0.902. The summed E-state index contributed by atoms with van der Waals surface area (Å²) >= 11 is 1.85. The molecule has 2 N–H and O–H groups in total. The fraction of sp³-hybridized carbons (Fsp3) is 0.800. The van der Waals surface area contributed by atoms with Crippen molar-refractivity contribution >= 4 is 11.3 Å². The van der Waals surface area contributed by atoms with Crippen molar-refractivity contribution < 1.29 is 0 Å². The van der Waals surface area contributed by atoms with Crippen LogP contribution < -0.4 is 5.73 Å². The highest BCUT2D eigenvalue weighted by Gasteiger charge is 2.22. The third kappa shape index (κ3) is 4.55. The number of nitrogens with two attached hydrogens (primary N) is 1. The molecule has 2 atom stereocenters. The third-order valence-electron chi connectivity index (χ3n) is 3.87. The van der Waals surface area contributed by atoms with Crippen LogP contribution in [0.4, 0.5) is 0 Å². The first-order valence-electron chi connectivity index (χ1n) is 7.47. The highest BCUT2D eigenvalue weighted by atomic mass is 32.1. The summed E-state index contributed by atoms with van der Waals surface area (Å²) < 4.78 is 0. The van der Waals surface area contributed by atoms with Crippen LogP contribution in [-0.4, -0.2) is 35.1 Å². The van der Waals surface area contributed by atoms with E-state index in [0.29, 0.717) is 6.04 Å². The van der Waals surface area contributed by atoms with Crippen LogP contribution in [-0.2, 0) is 12.8 Å². The molecule has 1 fully saturated rings. The van der Waals surface area contributed by atoms with E-state index in [9.17, 15) is 0 Å². The summed E-state index contributed by atoms with van der Waals surface area (Å²) in [5.74, 6) is 0.783. The smallest absolute Gasteiger partial charge is 0.0930 e. The molecule has 2 heterocycles. The van der Waals surface area contributed by atoms with Gasteiger partial charge in [-0.15, -0.1) is 11.3 Å². The predicted molar refractivity (Wildman–Crippen MR) is 82.6 cm³/mol. The molecular formula is C15H27N3S. The molecule has 1 aliphatic rings. The van der Waals surface area contributed by atoms with Gasteiger partial charge in [0.25, 0.3) is 0 Å². The van der Waals surface area contributed by atoms with Crippen molar-refractivity contribution in [1.82, 2.24) is 9.88 Å². The molecule has 0 amide bonds. The van der Waals surface area contributed by atoms with Gasteiger partial charge in [0, 0.05) is 36.1 Å². The normalized spacial score (nSPS) is 22.9. The van der Waals surface area contributed by atoms with Crippen LogP contribution in [0.15, 0.2) is 6.20 Å². The lowest BCUT2D eigenvalue weighted by atomic mass is 9.94. The van der Waals surface area contributed by atoms with E-state index in [0.717, 1.165) is 18.8 Å². The summed E-state index contributed by atoms with van der Waals surface area (Å²) in [6.45, 7) is 9.15. The van der Waals surface area contributed by atoms with Crippen LogP contribution in [0, 0.1) is 5.92 Å². The lowest BCUT2D eigenvalue weighted by molar-refractivity contribution is 0.139. The first-order chi connectivity index (χ1) is 9.04. The van der Waals surface area contributed by atoms with Crippen molar-refractivity contribution in [3.63, 3.8) is 0 Å². The Labute approximate surface area is 121 Å². The molecule has 2 rings (SSSR count). The minimum atomic E-state index is 0.236. The van der Waals surface area contributed by atoms with Gasteiger partial charge in [-0.1, -0.05) is 0 Å². The van der Waals surface area contributed by atoms with E-state index in [2.05, 4.69) is 30.7 Å². The van der Waals surface area contributed by atoms with Crippen molar-refractivity contribution in [2.24, 2.45) is 11.7 Å². The highest BCUT2D eigenvalue weighted by Crippen LogP contribution is 2.24. The number of aromatic nitrogens is 1. The zero-order chi connectivity index (χ0) is 13.8. The van der Waals surface area contributed by atoms with Crippen LogP contribution in [0.1, 0.15) is 43.5 Å². The van der Waals surface area contributed by atoms with Crippen molar-refractivity contribution in [3.8, 4) is 0 Å². The lowest BCUT2D eigenvalue weighted by Crippen LogP contribution is -2.40. The fourth-order valence-corrected chi connectivity index (χ4v) is 4.01. The number of rotatable bonds is 5. The second-order valence-electron chi connectivity index (χ2n) is 6.20. The molecular weight excluding hydrogens is 254 g/mol. The van der Waals surface area contributed by atoms with E-state index >= 15 is 0 Å². The maximum Gasteiger partial charge on any atom is 0.0930 e. The summed E-state index contributed by atoms with van der Waals surface area (Å²) in [4.78, 5) is 8.51. The van der Waals surface area contributed by atoms with Crippen molar-refractivity contribution in [2.75, 3.05) is 13.1 Å². The Morgan fingerprint density at radius 1 is 1.47 bits per heavy atom. The Kier molecular flexibility index (Phi) is 5.37. The van der Waals surface area contributed by atoms with Gasteiger partial charge in [-0.05, 0) is 52.5 Å². The maximum atomic E-state index is 5.84. The van der Waals surface area contributed by atoms with Gasteiger partial charge in [0.15, 0.2) is 0 Å². The number of hydrogen-bond acceptors (Lipinski definition) is 4. The van der Waals surface area contributed by atoms with Crippen molar-refractivity contribution in [3.05, 3.63) is 16.1 Å². The van der Waals surface area contributed by atoms with E-state index in [1.165, 1.54) is 35.8 Å². The number of likely N-dealkylation sites (tertiary alicyclic amines) is 1. The topological polar surface area (TPSA) is 42.1 Å². The second-order valence-corrected chi connectivity index (χ2v) is 7.40. The van der Waals surface area contributed by atoms with Crippen LogP contribution >= 0.6 is 11.3 Å². The molecule has 0 bridgehead atoms. The first-order valence-corrected chi connectivity index (χ1v) is 8.29. The molecule has 2 unspecified atom stereocenters. The summed E-state index contributed by atoms with van der Waals surface area (Å²) in [5, 5.41) is 1.30. The molecule has 0 spiro atoms. The molecule has 0 aromatic carbocycles. The number of hydrogen-bond donors (Lipinski definition) is 1. The van der Waals surface area contributed by atoms with Crippen LogP contribution in [0.25, 0.3) is 0 Å². The highest BCUT2D eigenvalue weighted by molar-refractivity contribution is 7.11. The van der Waals surface area contributed by atoms with Gasteiger partial charge >= 0.3 is 0 Å². The van der Waals surface area contributed by atoms with Crippen LogP contribution in [0.3, 0.4) is 0 Å². The zero-order valence-corrected chi connectivity index (χ0v) is 13.2. The Bertz CT molecular complexity index is 386. The monoisotopic (exact) mass is 281 g/mol. The molecule has 0 radical (unpaired) electrons. The summed E-state index contributed by atoms with van der Waals surface area (Å²) in [6.07, 6.45) is 6.81. The van der Waals surface area contributed by atoms with Crippen LogP contribution in [0.2, 0.25) is 0 Å². The minimum Gasteiger partial charge on any atom is -0.328 e. The van der Waals surface area contributed by atoms with Crippen molar-refractivity contribution in [2.45, 2.75) is 58.5 Å². The maximum absolute atomic E-state index is 5.84. The molecule has 4 heteroatoms. The Morgan fingerprint density at radius 2 is 2.26 bits per heavy atom. The third-order valence-corrected chi connectivity index (χ3v) is 4.91. The largest absolute Gasteiger partial charge is 0.328 e. The summed E-state index contributed by atoms with van der Waals surface area (Å²) in [7, 11) is 0. The van der Waals surface area contributed by atoms with E-state index in [4.69, 9.17) is 5.73 Å². The molecule has 1 aliphatic heterocycles. The Hall–Kier alpha value is -0.450. The SMILES string of the molecule is CC(N)Cc1cnc(CC2CCCN(C(C)C)C2)s1. The molecule has 1 aromatic rings. The van der Waals surface area contributed by atoms with Gasteiger partial charge in [0.1, 0.15) is 0 Å². The predicted octanol–water partition coefficient (Wildman–Crippen LogP) is 2.70. The number of piperidine rings is 1. The average Bonchev–Trinajstić information content (AvgIpc) is 2.76. The minimum absolute atomic E-state index is 0.236. The van der Waals surface area contributed by atoms with E-state index in [1.54, 1.807) is 0 Å². The van der Waals surface area contributed by atoms with Gasteiger partial charge in [0.05, 0.1) is 5.01 Å². The van der Waals surface area contributed by atoms with Crippen LogP contribution in [0.5, 0.6) is 0 Å². The number of thiazole rings is 1. The van der Waals surface area contributed by atoms with Gasteiger partial charge < -0.3 is 10.6 Å². The van der Waals surface area contributed by atoms with E-state index < -0.39 is 0 Å². The Morgan fingerprint density at radius 3 is 2.95 bits per heavy atom. The molecule has 19 heavy (non-hydrogen) atoms. The molecule has 3 nitrogen and oxygen atoms in total. The standard InChI is InChI=1S/C15H27N3S/c1-11(2)18-6-4-5-13(10-18)8-15-17-9-14(19-15)7-12(3)16/h9,11-13H,4-8,10,16H2,1-3H3. The summed E-state index contributed by atoms with van der Waals surface area (Å²) in [6, 6.07) is 0.909. The molecule has 108 valence electrons. The van der Waals surface area contributed by atoms with Gasteiger partial charge in [-0.3, -0.25) is 0 Å². The zero-order valence-electron chi connectivity index (χ0n) is 12.4. The molecule has 0 aliphatic carbocycles. The molecule has 0 saturated carbocycles.